The van der Waals surface area contributed by atoms with E-state index in [0.29, 0.717) is 27.7 Å². The number of amides is 1. The summed E-state index contributed by atoms with van der Waals surface area (Å²) in [4.78, 5) is 27.9. The molecule has 4 N–H and O–H groups in total. The van der Waals surface area contributed by atoms with Gasteiger partial charge in [0.1, 0.15) is 5.82 Å². The van der Waals surface area contributed by atoms with Gasteiger partial charge in [-0.05, 0) is 48.9 Å². The molecule has 0 saturated heterocycles. The molecule has 0 radical (unpaired) electrons. The molecule has 0 aliphatic rings. The van der Waals surface area contributed by atoms with Crippen LogP contribution in [0.1, 0.15) is 32.1 Å². The second kappa shape index (κ2) is 8.66. The summed E-state index contributed by atoms with van der Waals surface area (Å²) in [6.45, 7) is 2.01. The summed E-state index contributed by atoms with van der Waals surface area (Å²) < 4.78 is 38.6. The number of hydrogen-bond donors (Lipinski definition) is 2. The minimum absolute atomic E-state index is 0.00578. The number of carbonyl (C=O) groups is 1. The molecule has 0 bridgehead atoms. The monoisotopic (exact) mass is 472 g/mol. The van der Waals surface area contributed by atoms with Gasteiger partial charge in [0.2, 0.25) is 0 Å². The maximum absolute atomic E-state index is 13.4. The standard InChI is InChI=1S/C22H19F3N6OS/c1-12-6-14-7-13(2-5-18(14)30-19(12)26)20(32)31(11-17-9-29-21(27)33-17)10-16-4-3-15(8-28-16)22(23,24)25/h2-9H,10-11H2,1H3,(H2,26,30)(H2,27,29). The third kappa shape index (κ3) is 5.03. The van der Waals surface area contributed by atoms with E-state index < -0.39 is 11.7 Å². The third-order valence-electron chi connectivity index (χ3n) is 5.00. The number of fused-ring (bicyclic) bond motifs is 1. The van der Waals surface area contributed by atoms with Crippen LogP contribution >= 0.6 is 11.3 Å². The van der Waals surface area contributed by atoms with Crippen molar-refractivity contribution in [2.45, 2.75) is 26.2 Å². The number of pyridine rings is 2. The first-order chi connectivity index (χ1) is 15.6. The van der Waals surface area contributed by atoms with Crippen LogP contribution in [0, 0.1) is 6.92 Å². The molecule has 0 unspecified atom stereocenters. The fourth-order valence-electron chi connectivity index (χ4n) is 3.28. The number of rotatable bonds is 5. The van der Waals surface area contributed by atoms with E-state index >= 15 is 0 Å². The molecule has 3 heterocycles. The Morgan fingerprint density at radius 1 is 1.06 bits per heavy atom. The Balaban J connectivity index is 1.65. The molecular formula is C22H19F3N6OS. The number of aryl methyl sites for hydroxylation is 1. The summed E-state index contributed by atoms with van der Waals surface area (Å²) in [5.41, 5.74) is 12.9. The Labute approximate surface area is 190 Å². The van der Waals surface area contributed by atoms with Crippen LogP contribution in [0.2, 0.25) is 0 Å². The number of hydrogen-bond acceptors (Lipinski definition) is 7. The largest absolute Gasteiger partial charge is 0.417 e. The van der Waals surface area contributed by atoms with Crippen molar-refractivity contribution in [1.29, 1.82) is 0 Å². The molecule has 0 saturated carbocycles. The molecule has 0 aliphatic carbocycles. The molecule has 4 rings (SSSR count). The lowest BCUT2D eigenvalue weighted by Gasteiger charge is -2.22. The smallest absolute Gasteiger partial charge is 0.383 e. The predicted molar refractivity (Wildman–Crippen MR) is 120 cm³/mol. The van der Waals surface area contributed by atoms with E-state index in [0.717, 1.165) is 28.1 Å². The van der Waals surface area contributed by atoms with Gasteiger partial charge in [-0.2, -0.15) is 13.2 Å². The second-order valence-corrected chi connectivity index (χ2v) is 8.61. The van der Waals surface area contributed by atoms with Gasteiger partial charge in [-0.15, -0.1) is 11.3 Å². The quantitative estimate of drug-likeness (QED) is 0.445. The van der Waals surface area contributed by atoms with Gasteiger partial charge in [0, 0.05) is 28.2 Å². The molecule has 0 fully saturated rings. The van der Waals surface area contributed by atoms with Crippen molar-refractivity contribution in [3.05, 3.63) is 76.1 Å². The van der Waals surface area contributed by atoms with Gasteiger partial charge in [0.05, 0.1) is 29.9 Å². The second-order valence-electron chi connectivity index (χ2n) is 7.46. The van der Waals surface area contributed by atoms with Crippen LogP contribution in [0.4, 0.5) is 24.1 Å². The fraction of sp³-hybridized carbons (Fsp3) is 0.182. The van der Waals surface area contributed by atoms with E-state index in [1.807, 2.05) is 13.0 Å². The van der Waals surface area contributed by atoms with Crippen LogP contribution in [-0.4, -0.2) is 25.8 Å². The number of carbonyl (C=O) groups excluding carboxylic acids is 1. The van der Waals surface area contributed by atoms with Gasteiger partial charge >= 0.3 is 6.18 Å². The summed E-state index contributed by atoms with van der Waals surface area (Å²) in [5, 5.41) is 1.11. The van der Waals surface area contributed by atoms with Crippen LogP contribution in [0.3, 0.4) is 0 Å². The van der Waals surface area contributed by atoms with E-state index in [-0.39, 0.29) is 19.0 Å². The number of benzene rings is 1. The maximum Gasteiger partial charge on any atom is 0.417 e. The van der Waals surface area contributed by atoms with Gasteiger partial charge in [-0.3, -0.25) is 9.78 Å². The molecule has 0 aliphatic heterocycles. The van der Waals surface area contributed by atoms with Gasteiger partial charge in [-0.1, -0.05) is 0 Å². The minimum Gasteiger partial charge on any atom is -0.383 e. The van der Waals surface area contributed by atoms with Crippen LogP contribution < -0.4 is 11.5 Å². The molecule has 3 aromatic heterocycles. The van der Waals surface area contributed by atoms with Gasteiger partial charge in [0.15, 0.2) is 5.13 Å². The van der Waals surface area contributed by atoms with Crippen molar-refractivity contribution in [2.75, 3.05) is 11.5 Å². The third-order valence-corrected chi connectivity index (χ3v) is 5.81. The summed E-state index contributed by atoms with van der Waals surface area (Å²) in [5.74, 6) is 0.0967. The van der Waals surface area contributed by atoms with Crippen molar-refractivity contribution >= 4 is 39.1 Å². The van der Waals surface area contributed by atoms with E-state index in [1.54, 1.807) is 24.4 Å². The van der Waals surface area contributed by atoms with E-state index in [2.05, 4.69) is 15.0 Å². The highest BCUT2D eigenvalue weighted by Gasteiger charge is 2.30. The first-order valence-corrected chi connectivity index (χ1v) is 10.6. The zero-order valence-electron chi connectivity index (χ0n) is 17.4. The van der Waals surface area contributed by atoms with Gasteiger partial charge in [0.25, 0.3) is 5.91 Å². The van der Waals surface area contributed by atoms with Crippen molar-refractivity contribution in [2.24, 2.45) is 0 Å². The average molecular weight is 472 g/mol. The zero-order valence-corrected chi connectivity index (χ0v) is 18.2. The summed E-state index contributed by atoms with van der Waals surface area (Å²) >= 11 is 1.23. The molecule has 11 heteroatoms. The zero-order chi connectivity index (χ0) is 23.8. The molecule has 0 atom stereocenters. The Morgan fingerprint density at radius 2 is 1.85 bits per heavy atom. The number of thiazole rings is 1. The fourth-order valence-corrected chi connectivity index (χ4v) is 3.98. The molecule has 1 amide bonds. The van der Waals surface area contributed by atoms with Crippen molar-refractivity contribution in [3.8, 4) is 0 Å². The summed E-state index contributed by atoms with van der Waals surface area (Å²) in [7, 11) is 0. The topological polar surface area (TPSA) is 111 Å². The Kier molecular flexibility index (Phi) is 5.90. The molecule has 7 nitrogen and oxygen atoms in total. The lowest BCUT2D eigenvalue weighted by atomic mass is 10.1. The first kappa shape index (κ1) is 22.5. The SMILES string of the molecule is Cc1cc2cc(C(=O)N(Cc3ccc(C(F)(F)F)cn3)Cc3cnc(N)s3)ccc2nc1N. The molecule has 1 aromatic carbocycles. The summed E-state index contributed by atoms with van der Waals surface area (Å²) in [6, 6.07) is 9.12. The van der Waals surface area contributed by atoms with Crippen LogP contribution in [0.25, 0.3) is 10.9 Å². The van der Waals surface area contributed by atoms with Gasteiger partial charge < -0.3 is 16.4 Å². The highest BCUT2D eigenvalue weighted by Crippen LogP contribution is 2.29. The number of nitrogens with two attached hydrogens (primary N) is 2. The lowest BCUT2D eigenvalue weighted by Crippen LogP contribution is -2.30. The molecule has 170 valence electrons. The highest BCUT2D eigenvalue weighted by atomic mass is 32.1. The van der Waals surface area contributed by atoms with Crippen molar-refractivity contribution in [1.82, 2.24) is 19.9 Å². The predicted octanol–water partition coefficient (Wildman–Crippen LogP) is 4.42. The Bertz CT molecular complexity index is 1320. The lowest BCUT2D eigenvalue weighted by molar-refractivity contribution is -0.137. The number of aromatic nitrogens is 3. The molecular weight excluding hydrogens is 453 g/mol. The molecule has 0 spiro atoms. The van der Waals surface area contributed by atoms with Crippen LogP contribution in [0.5, 0.6) is 0 Å². The number of nitrogens with zero attached hydrogens (tertiary/aromatic N) is 4. The van der Waals surface area contributed by atoms with Crippen LogP contribution in [-0.2, 0) is 19.3 Å². The Morgan fingerprint density at radius 3 is 2.48 bits per heavy atom. The average Bonchev–Trinajstić information content (AvgIpc) is 3.17. The number of anilines is 2. The number of halogens is 3. The van der Waals surface area contributed by atoms with Crippen LogP contribution in [0.15, 0.2) is 48.8 Å². The summed E-state index contributed by atoms with van der Waals surface area (Å²) in [6.07, 6.45) is -2.16. The maximum atomic E-state index is 13.4. The first-order valence-electron chi connectivity index (χ1n) is 9.78. The normalized spacial score (nSPS) is 11.6. The van der Waals surface area contributed by atoms with Crippen molar-refractivity contribution in [3.63, 3.8) is 0 Å². The number of nitrogen functional groups attached to an aromatic ring is 2. The molecule has 33 heavy (non-hydrogen) atoms. The minimum atomic E-state index is -4.48. The Hall–Kier alpha value is -3.73. The van der Waals surface area contributed by atoms with Gasteiger partial charge in [-0.25, -0.2) is 9.97 Å². The molecule has 4 aromatic rings. The van der Waals surface area contributed by atoms with E-state index in [9.17, 15) is 18.0 Å². The van der Waals surface area contributed by atoms with Crippen molar-refractivity contribution < 1.29 is 18.0 Å². The van der Waals surface area contributed by atoms with E-state index in [4.69, 9.17) is 11.5 Å². The number of alkyl halides is 3. The van der Waals surface area contributed by atoms with E-state index in [1.165, 1.54) is 22.3 Å². The highest BCUT2D eigenvalue weighted by molar-refractivity contribution is 7.15.